The monoisotopic (exact) mass is 321 g/mol. The van der Waals surface area contributed by atoms with Crippen molar-refractivity contribution in [2.24, 2.45) is 11.8 Å². The fourth-order valence-corrected chi connectivity index (χ4v) is 3.85. The number of hydrogen-bond donors (Lipinski definition) is 1. The summed E-state index contributed by atoms with van der Waals surface area (Å²) < 4.78 is 0. The Morgan fingerprint density at radius 3 is 2.30 bits per heavy atom. The molecule has 1 N–H and O–H groups in total. The van der Waals surface area contributed by atoms with E-state index in [-0.39, 0.29) is 17.7 Å². The Bertz CT molecular complexity index is 414. The third kappa shape index (κ3) is 4.14. The predicted molar refractivity (Wildman–Crippen MR) is 91.9 cm³/mol. The van der Waals surface area contributed by atoms with E-state index in [1.165, 1.54) is 19.3 Å². The first-order chi connectivity index (χ1) is 11.2. The van der Waals surface area contributed by atoms with Crippen molar-refractivity contribution in [2.45, 2.75) is 45.1 Å². The molecule has 130 valence electrons. The van der Waals surface area contributed by atoms with Crippen LogP contribution in [0.15, 0.2) is 13.2 Å². The molecule has 0 radical (unpaired) electrons. The quantitative estimate of drug-likeness (QED) is 0.804. The fourth-order valence-electron chi connectivity index (χ4n) is 3.85. The first-order valence-corrected chi connectivity index (χ1v) is 8.98. The number of amides is 2. The van der Waals surface area contributed by atoms with Gasteiger partial charge >= 0.3 is 0 Å². The van der Waals surface area contributed by atoms with Crippen LogP contribution in [0.1, 0.15) is 39.0 Å². The minimum absolute atomic E-state index is 0.101. The summed E-state index contributed by atoms with van der Waals surface area (Å²) in [5.74, 6) is 1.27. The molecule has 3 aliphatic rings. The van der Waals surface area contributed by atoms with Gasteiger partial charge in [-0.25, -0.2) is 0 Å². The lowest BCUT2D eigenvalue weighted by molar-refractivity contribution is -0.150. The lowest BCUT2D eigenvalue weighted by Crippen LogP contribution is -2.59. The average molecular weight is 321 g/mol. The molecule has 5 heteroatoms. The number of nitrogens with zero attached hydrogens (tertiary/aromatic N) is 2. The normalized spacial score (nSPS) is 28.7. The Morgan fingerprint density at radius 2 is 1.83 bits per heavy atom. The van der Waals surface area contributed by atoms with Crippen LogP contribution in [0.4, 0.5) is 0 Å². The molecule has 0 aromatic heterocycles. The van der Waals surface area contributed by atoms with Gasteiger partial charge in [0.1, 0.15) is 0 Å². The van der Waals surface area contributed by atoms with Gasteiger partial charge in [0.15, 0.2) is 0 Å². The predicted octanol–water partition coefficient (Wildman–Crippen LogP) is 1.65. The van der Waals surface area contributed by atoms with Gasteiger partial charge in [0.25, 0.3) is 0 Å². The standard InChI is InChI=1S/C16H27N3O2.C2H4/c1-2-12-3-5-14(6-4-12)19-8-7-18(11-15(19)20)16(21)13-9-17-10-13;1-2/h12-14,17H,2-11H2,1H3;1-2H2. The van der Waals surface area contributed by atoms with Crippen molar-refractivity contribution in [3.8, 4) is 0 Å². The topological polar surface area (TPSA) is 52.6 Å². The molecule has 0 atom stereocenters. The molecule has 2 heterocycles. The SMILES string of the molecule is C=C.CCC1CCC(N2CCN(C(=O)C3CNC3)CC2=O)CC1. The smallest absolute Gasteiger partial charge is 0.242 e. The van der Waals surface area contributed by atoms with E-state index in [9.17, 15) is 9.59 Å². The molecule has 23 heavy (non-hydrogen) atoms. The Balaban J connectivity index is 0.000000924. The second-order valence-corrected chi connectivity index (χ2v) is 6.78. The Hall–Kier alpha value is -1.36. The van der Waals surface area contributed by atoms with Crippen LogP contribution in [0.2, 0.25) is 0 Å². The van der Waals surface area contributed by atoms with Gasteiger partial charge in [-0.2, -0.15) is 0 Å². The minimum atomic E-state index is 0.101. The van der Waals surface area contributed by atoms with Crippen LogP contribution in [-0.2, 0) is 9.59 Å². The Labute approximate surface area is 140 Å². The molecule has 3 fully saturated rings. The van der Waals surface area contributed by atoms with Crippen LogP contribution in [0.25, 0.3) is 0 Å². The fraction of sp³-hybridized carbons (Fsp3) is 0.778. The van der Waals surface area contributed by atoms with Crippen molar-refractivity contribution in [3.63, 3.8) is 0 Å². The van der Waals surface area contributed by atoms with Crippen LogP contribution < -0.4 is 5.32 Å². The highest BCUT2D eigenvalue weighted by Gasteiger charge is 2.36. The van der Waals surface area contributed by atoms with Crippen LogP contribution >= 0.6 is 0 Å². The zero-order chi connectivity index (χ0) is 16.8. The van der Waals surface area contributed by atoms with Crippen molar-refractivity contribution in [3.05, 3.63) is 13.2 Å². The number of piperazine rings is 1. The van der Waals surface area contributed by atoms with Gasteiger partial charge in [0.2, 0.25) is 11.8 Å². The molecule has 0 bridgehead atoms. The lowest BCUT2D eigenvalue weighted by Gasteiger charge is -2.43. The molecule has 2 aliphatic heterocycles. The third-order valence-electron chi connectivity index (χ3n) is 5.53. The van der Waals surface area contributed by atoms with Crippen LogP contribution in [0.3, 0.4) is 0 Å². The first kappa shape index (κ1) is 18.0. The number of carbonyl (C=O) groups is 2. The average Bonchev–Trinajstić information content (AvgIpc) is 2.55. The van der Waals surface area contributed by atoms with Gasteiger partial charge in [0, 0.05) is 32.2 Å². The van der Waals surface area contributed by atoms with Crippen molar-refractivity contribution in [2.75, 3.05) is 32.7 Å². The second kappa shape index (κ2) is 8.48. The van der Waals surface area contributed by atoms with E-state index >= 15 is 0 Å². The molecular weight excluding hydrogens is 290 g/mol. The molecule has 0 unspecified atom stereocenters. The maximum atomic E-state index is 12.4. The molecule has 2 saturated heterocycles. The van der Waals surface area contributed by atoms with Gasteiger partial charge in [-0.05, 0) is 31.6 Å². The highest BCUT2D eigenvalue weighted by atomic mass is 16.2. The zero-order valence-corrected chi connectivity index (χ0v) is 14.4. The van der Waals surface area contributed by atoms with Crippen LogP contribution in [0.5, 0.6) is 0 Å². The number of nitrogens with one attached hydrogen (secondary N) is 1. The van der Waals surface area contributed by atoms with Gasteiger partial charge in [-0.1, -0.05) is 13.3 Å². The zero-order valence-electron chi connectivity index (χ0n) is 14.4. The summed E-state index contributed by atoms with van der Waals surface area (Å²) in [6.07, 6.45) is 6.05. The van der Waals surface area contributed by atoms with Crippen LogP contribution in [0, 0.1) is 11.8 Å². The molecule has 2 amide bonds. The van der Waals surface area contributed by atoms with E-state index in [0.717, 1.165) is 44.9 Å². The Morgan fingerprint density at radius 1 is 1.17 bits per heavy atom. The summed E-state index contributed by atoms with van der Waals surface area (Å²) >= 11 is 0. The highest BCUT2D eigenvalue weighted by molar-refractivity contribution is 5.87. The van der Waals surface area contributed by atoms with Crippen molar-refractivity contribution >= 4 is 11.8 Å². The summed E-state index contributed by atoms with van der Waals surface area (Å²) in [6.45, 7) is 11.5. The van der Waals surface area contributed by atoms with E-state index in [1.807, 2.05) is 0 Å². The Kier molecular flexibility index (Phi) is 6.63. The summed E-state index contributed by atoms with van der Waals surface area (Å²) in [5, 5.41) is 3.12. The summed E-state index contributed by atoms with van der Waals surface area (Å²) in [7, 11) is 0. The van der Waals surface area contributed by atoms with E-state index in [0.29, 0.717) is 12.6 Å². The van der Waals surface area contributed by atoms with E-state index < -0.39 is 0 Å². The molecule has 0 aromatic rings. The summed E-state index contributed by atoms with van der Waals surface area (Å²) in [6, 6.07) is 0.419. The largest absolute Gasteiger partial charge is 0.336 e. The van der Waals surface area contributed by atoms with Gasteiger partial charge < -0.3 is 15.1 Å². The second-order valence-electron chi connectivity index (χ2n) is 6.78. The number of hydrogen-bond acceptors (Lipinski definition) is 3. The van der Waals surface area contributed by atoms with E-state index in [4.69, 9.17) is 0 Å². The van der Waals surface area contributed by atoms with Crippen molar-refractivity contribution in [1.82, 2.24) is 15.1 Å². The van der Waals surface area contributed by atoms with Crippen molar-refractivity contribution in [1.29, 1.82) is 0 Å². The van der Waals surface area contributed by atoms with Gasteiger partial charge in [-0.3, -0.25) is 9.59 Å². The summed E-state index contributed by atoms with van der Waals surface area (Å²) in [5.41, 5.74) is 0. The number of rotatable bonds is 3. The lowest BCUT2D eigenvalue weighted by atomic mass is 9.83. The molecule has 1 aliphatic carbocycles. The first-order valence-electron chi connectivity index (χ1n) is 8.98. The molecule has 0 aromatic carbocycles. The molecule has 5 nitrogen and oxygen atoms in total. The molecule has 3 rings (SSSR count). The van der Waals surface area contributed by atoms with E-state index in [1.54, 1.807) is 4.90 Å². The molecule has 0 spiro atoms. The maximum Gasteiger partial charge on any atom is 0.242 e. The van der Waals surface area contributed by atoms with E-state index in [2.05, 4.69) is 30.3 Å². The van der Waals surface area contributed by atoms with Crippen LogP contribution in [-0.4, -0.2) is 60.4 Å². The van der Waals surface area contributed by atoms with Gasteiger partial charge in [-0.15, -0.1) is 13.2 Å². The molecular formula is C18H31N3O2. The third-order valence-corrected chi connectivity index (χ3v) is 5.53. The van der Waals surface area contributed by atoms with Gasteiger partial charge in [0.05, 0.1) is 12.5 Å². The minimum Gasteiger partial charge on any atom is -0.336 e. The van der Waals surface area contributed by atoms with Crippen molar-refractivity contribution < 1.29 is 9.59 Å². The highest BCUT2D eigenvalue weighted by Crippen LogP contribution is 2.30. The summed E-state index contributed by atoms with van der Waals surface area (Å²) in [4.78, 5) is 28.4. The maximum absolute atomic E-state index is 12.4. The molecule has 1 saturated carbocycles. The number of carbonyl (C=O) groups excluding carboxylic acids is 2.